The minimum atomic E-state index is 0.139. The topological polar surface area (TPSA) is 39.9 Å². The second-order valence-corrected chi connectivity index (χ2v) is 5.60. The van der Waals surface area contributed by atoms with Gasteiger partial charge in [0.1, 0.15) is 5.82 Å². The molecule has 23 heavy (non-hydrogen) atoms. The molecular formula is C19H17N3O. The van der Waals surface area contributed by atoms with Gasteiger partial charge in [0.2, 0.25) is 0 Å². The van der Waals surface area contributed by atoms with E-state index in [1.165, 1.54) is 16.7 Å². The molecular weight excluding hydrogens is 286 g/mol. The van der Waals surface area contributed by atoms with Gasteiger partial charge in [-0.05, 0) is 29.2 Å². The molecule has 4 nitrogen and oxygen atoms in total. The number of hydrogen-bond acceptors (Lipinski definition) is 3. The highest BCUT2D eigenvalue weighted by atomic mass is 16.5. The number of aromatic nitrogens is 3. The van der Waals surface area contributed by atoms with E-state index in [1.54, 1.807) is 7.11 Å². The Morgan fingerprint density at radius 2 is 1.78 bits per heavy atom. The SMILES string of the molecule is COc1nnc2n1C=Cc1ccccc1C2Cc1ccccc1. The summed E-state index contributed by atoms with van der Waals surface area (Å²) >= 11 is 0. The highest BCUT2D eigenvalue weighted by Gasteiger charge is 2.26. The van der Waals surface area contributed by atoms with Crippen LogP contribution in [0.25, 0.3) is 12.3 Å². The fourth-order valence-corrected chi connectivity index (χ4v) is 3.13. The van der Waals surface area contributed by atoms with Crippen molar-refractivity contribution in [1.29, 1.82) is 0 Å². The molecule has 0 spiro atoms. The van der Waals surface area contributed by atoms with E-state index in [0.29, 0.717) is 6.01 Å². The number of ether oxygens (including phenoxy) is 1. The largest absolute Gasteiger partial charge is 0.467 e. The molecule has 0 saturated heterocycles. The van der Waals surface area contributed by atoms with Crippen molar-refractivity contribution in [3.05, 3.63) is 77.1 Å². The predicted octanol–water partition coefficient (Wildman–Crippen LogP) is 3.60. The molecule has 0 N–H and O–H groups in total. The van der Waals surface area contributed by atoms with Gasteiger partial charge in [0.15, 0.2) is 0 Å². The molecule has 0 fully saturated rings. The Kier molecular flexibility index (Phi) is 3.42. The number of hydrogen-bond donors (Lipinski definition) is 0. The van der Waals surface area contributed by atoms with Crippen LogP contribution in [0, 0.1) is 0 Å². The first-order valence-electron chi connectivity index (χ1n) is 7.66. The molecule has 0 amide bonds. The van der Waals surface area contributed by atoms with Crippen molar-refractivity contribution in [3.8, 4) is 6.01 Å². The molecule has 0 aliphatic carbocycles. The first-order valence-corrected chi connectivity index (χ1v) is 7.66. The smallest absolute Gasteiger partial charge is 0.320 e. The molecule has 114 valence electrons. The maximum Gasteiger partial charge on any atom is 0.320 e. The maximum atomic E-state index is 5.34. The van der Waals surface area contributed by atoms with Gasteiger partial charge in [0.25, 0.3) is 0 Å². The Morgan fingerprint density at radius 3 is 2.61 bits per heavy atom. The third-order valence-electron chi connectivity index (χ3n) is 4.24. The van der Waals surface area contributed by atoms with Crippen molar-refractivity contribution >= 4 is 12.3 Å². The number of benzene rings is 2. The van der Waals surface area contributed by atoms with Gasteiger partial charge >= 0.3 is 6.01 Å². The van der Waals surface area contributed by atoms with Crippen LogP contribution in [-0.4, -0.2) is 21.9 Å². The molecule has 2 aromatic carbocycles. The lowest BCUT2D eigenvalue weighted by Gasteiger charge is -2.17. The van der Waals surface area contributed by atoms with Crippen LogP contribution in [0.2, 0.25) is 0 Å². The number of fused-ring (bicyclic) bond motifs is 2. The van der Waals surface area contributed by atoms with Crippen molar-refractivity contribution < 1.29 is 4.74 Å². The van der Waals surface area contributed by atoms with E-state index in [4.69, 9.17) is 4.74 Å². The molecule has 3 aromatic rings. The Morgan fingerprint density at radius 1 is 1.00 bits per heavy atom. The van der Waals surface area contributed by atoms with E-state index < -0.39 is 0 Å². The van der Waals surface area contributed by atoms with Crippen LogP contribution < -0.4 is 4.74 Å². The predicted molar refractivity (Wildman–Crippen MR) is 90.2 cm³/mol. The zero-order chi connectivity index (χ0) is 15.6. The molecule has 0 saturated carbocycles. The highest BCUT2D eigenvalue weighted by molar-refractivity contribution is 5.67. The summed E-state index contributed by atoms with van der Waals surface area (Å²) in [6.07, 6.45) is 4.95. The summed E-state index contributed by atoms with van der Waals surface area (Å²) in [6.45, 7) is 0. The Labute approximate surface area is 135 Å². The Bertz CT molecular complexity index is 852. The van der Waals surface area contributed by atoms with Gasteiger partial charge in [0.05, 0.1) is 7.11 Å². The molecule has 1 aliphatic rings. The number of methoxy groups -OCH3 is 1. The van der Waals surface area contributed by atoms with Crippen LogP contribution in [-0.2, 0) is 6.42 Å². The van der Waals surface area contributed by atoms with Crippen molar-refractivity contribution in [2.24, 2.45) is 0 Å². The molecule has 4 heteroatoms. The summed E-state index contributed by atoms with van der Waals surface area (Å²) < 4.78 is 7.28. The maximum absolute atomic E-state index is 5.34. The summed E-state index contributed by atoms with van der Waals surface area (Å²) in [6, 6.07) is 19.4. The minimum Gasteiger partial charge on any atom is -0.467 e. The average Bonchev–Trinajstić information content (AvgIpc) is 2.95. The van der Waals surface area contributed by atoms with E-state index in [1.807, 2.05) is 16.8 Å². The quantitative estimate of drug-likeness (QED) is 0.742. The lowest BCUT2D eigenvalue weighted by molar-refractivity contribution is 0.373. The van der Waals surface area contributed by atoms with E-state index in [-0.39, 0.29) is 5.92 Å². The monoisotopic (exact) mass is 303 g/mol. The second kappa shape index (κ2) is 5.72. The van der Waals surface area contributed by atoms with Gasteiger partial charge < -0.3 is 4.74 Å². The normalized spacial score (nSPS) is 15.6. The van der Waals surface area contributed by atoms with Crippen LogP contribution in [0.3, 0.4) is 0 Å². The van der Waals surface area contributed by atoms with Gasteiger partial charge in [-0.25, -0.2) is 0 Å². The van der Waals surface area contributed by atoms with Gasteiger partial charge in [0, 0.05) is 12.1 Å². The van der Waals surface area contributed by atoms with Gasteiger partial charge in [-0.2, -0.15) is 0 Å². The molecule has 0 bridgehead atoms. The van der Waals surface area contributed by atoms with Crippen LogP contribution in [0.15, 0.2) is 54.6 Å². The minimum absolute atomic E-state index is 0.139. The fraction of sp³-hybridized carbons (Fsp3) is 0.158. The first kappa shape index (κ1) is 13.8. The van der Waals surface area contributed by atoms with Crippen LogP contribution in [0.4, 0.5) is 0 Å². The third-order valence-corrected chi connectivity index (χ3v) is 4.24. The Hall–Kier alpha value is -2.88. The standard InChI is InChI=1S/C19H17N3O/c1-23-19-21-20-18-17(13-14-7-3-2-4-8-14)16-10-6-5-9-15(16)11-12-22(18)19/h2-12,17H,13H2,1H3. The van der Waals surface area contributed by atoms with Crippen molar-refractivity contribution in [3.63, 3.8) is 0 Å². The third kappa shape index (κ3) is 2.42. The summed E-state index contributed by atoms with van der Waals surface area (Å²) in [7, 11) is 1.62. The molecule has 2 heterocycles. The average molecular weight is 303 g/mol. The van der Waals surface area contributed by atoms with Gasteiger partial charge in [-0.15, -0.1) is 5.10 Å². The summed E-state index contributed by atoms with van der Waals surface area (Å²) in [4.78, 5) is 0. The van der Waals surface area contributed by atoms with E-state index in [0.717, 1.165) is 12.2 Å². The highest BCUT2D eigenvalue weighted by Crippen LogP contribution is 2.34. The van der Waals surface area contributed by atoms with Crippen molar-refractivity contribution in [2.45, 2.75) is 12.3 Å². The second-order valence-electron chi connectivity index (χ2n) is 5.60. The first-order chi connectivity index (χ1) is 11.4. The van der Waals surface area contributed by atoms with E-state index >= 15 is 0 Å². The fourth-order valence-electron chi connectivity index (χ4n) is 3.13. The van der Waals surface area contributed by atoms with Crippen LogP contribution >= 0.6 is 0 Å². The molecule has 1 atom stereocenters. The van der Waals surface area contributed by atoms with Gasteiger partial charge in [-0.3, -0.25) is 4.57 Å². The molecule has 1 unspecified atom stereocenters. The van der Waals surface area contributed by atoms with E-state index in [2.05, 4.69) is 64.8 Å². The summed E-state index contributed by atoms with van der Waals surface area (Å²) in [5.41, 5.74) is 3.75. The molecule has 1 aliphatic heterocycles. The van der Waals surface area contributed by atoms with Crippen molar-refractivity contribution in [1.82, 2.24) is 14.8 Å². The van der Waals surface area contributed by atoms with Crippen molar-refractivity contribution in [2.75, 3.05) is 7.11 Å². The summed E-state index contributed by atoms with van der Waals surface area (Å²) in [5, 5.41) is 8.56. The van der Waals surface area contributed by atoms with Crippen LogP contribution in [0.1, 0.15) is 28.4 Å². The number of rotatable bonds is 3. The van der Waals surface area contributed by atoms with Gasteiger partial charge in [-0.1, -0.05) is 59.7 Å². The lowest BCUT2D eigenvalue weighted by atomic mass is 9.88. The molecule has 4 rings (SSSR count). The van der Waals surface area contributed by atoms with Crippen LogP contribution in [0.5, 0.6) is 6.01 Å². The summed E-state index contributed by atoms with van der Waals surface area (Å²) in [5.74, 6) is 1.05. The molecule has 0 radical (unpaired) electrons. The Balaban J connectivity index is 1.86. The number of nitrogens with zero attached hydrogens (tertiary/aromatic N) is 3. The van der Waals surface area contributed by atoms with E-state index in [9.17, 15) is 0 Å². The zero-order valence-electron chi connectivity index (χ0n) is 12.9. The zero-order valence-corrected chi connectivity index (χ0v) is 12.9. The molecule has 1 aromatic heterocycles. The lowest BCUT2D eigenvalue weighted by Crippen LogP contribution is -2.10.